The lowest BCUT2D eigenvalue weighted by atomic mass is 10.1. The van der Waals surface area contributed by atoms with E-state index in [1.165, 1.54) is 0 Å². The average molecular weight is 253 g/mol. The van der Waals surface area contributed by atoms with Crippen LogP contribution in [-0.2, 0) is 0 Å². The first-order valence-electron chi connectivity index (χ1n) is 4.18. The molecule has 0 radical (unpaired) electrons. The van der Waals surface area contributed by atoms with Crippen LogP contribution in [0.4, 0.5) is 0 Å². The summed E-state index contributed by atoms with van der Waals surface area (Å²) in [6, 6.07) is 5.94. The van der Waals surface area contributed by atoms with E-state index in [1.54, 1.807) is 6.92 Å². The third-order valence-electron chi connectivity index (χ3n) is 2.18. The maximum atomic E-state index is 8.70. The fourth-order valence-electron chi connectivity index (χ4n) is 1.45. The van der Waals surface area contributed by atoms with Gasteiger partial charge in [-0.3, -0.25) is 0 Å². The quantitative estimate of drug-likeness (QED) is 0.458. The van der Waals surface area contributed by atoms with Crippen molar-refractivity contribution in [1.82, 2.24) is 4.98 Å². The van der Waals surface area contributed by atoms with Crippen LogP contribution >= 0.6 is 15.9 Å². The zero-order valence-electron chi connectivity index (χ0n) is 7.58. The van der Waals surface area contributed by atoms with Crippen molar-refractivity contribution in [1.29, 1.82) is 0 Å². The number of H-pyrrole nitrogens is 1. The maximum absolute atomic E-state index is 8.70. The Hall–Kier alpha value is -1.29. The average Bonchev–Trinajstić information content (AvgIpc) is 2.59. The van der Waals surface area contributed by atoms with Crippen LogP contribution in [-0.4, -0.2) is 15.9 Å². The van der Waals surface area contributed by atoms with Crippen LogP contribution in [0.1, 0.15) is 12.5 Å². The smallest absolute Gasteiger partial charge is 0.0858 e. The standard InChI is InChI=1S/C10H9BrN2O/c1-6(13-14)9-5-12-10-3-2-7(11)4-8(9)10/h2-5,12,14H,1H3. The molecule has 4 heteroatoms. The Morgan fingerprint density at radius 2 is 2.29 bits per heavy atom. The molecule has 3 nitrogen and oxygen atoms in total. The third kappa shape index (κ3) is 1.42. The minimum absolute atomic E-state index is 0.606. The monoisotopic (exact) mass is 252 g/mol. The highest BCUT2D eigenvalue weighted by molar-refractivity contribution is 9.10. The molecule has 0 aliphatic heterocycles. The first kappa shape index (κ1) is 9.27. The van der Waals surface area contributed by atoms with Crippen molar-refractivity contribution in [2.24, 2.45) is 5.16 Å². The number of rotatable bonds is 1. The number of nitrogens with one attached hydrogen (secondary N) is 1. The van der Waals surface area contributed by atoms with Gasteiger partial charge in [0.2, 0.25) is 0 Å². The molecule has 0 saturated carbocycles. The Bertz CT molecular complexity index is 502. The summed E-state index contributed by atoms with van der Waals surface area (Å²) in [5.41, 5.74) is 2.56. The summed E-state index contributed by atoms with van der Waals surface area (Å²) in [6.07, 6.45) is 1.84. The first-order valence-corrected chi connectivity index (χ1v) is 4.97. The molecule has 1 heterocycles. The summed E-state index contributed by atoms with van der Waals surface area (Å²) < 4.78 is 1.01. The van der Waals surface area contributed by atoms with Crippen LogP contribution in [0.15, 0.2) is 34.0 Å². The number of aromatic amines is 1. The molecule has 0 saturated heterocycles. The van der Waals surface area contributed by atoms with Crippen molar-refractivity contribution in [3.63, 3.8) is 0 Å². The van der Waals surface area contributed by atoms with Crippen molar-refractivity contribution in [3.05, 3.63) is 34.4 Å². The molecule has 0 spiro atoms. The summed E-state index contributed by atoms with van der Waals surface area (Å²) in [5.74, 6) is 0. The summed E-state index contributed by atoms with van der Waals surface area (Å²) >= 11 is 3.41. The van der Waals surface area contributed by atoms with E-state index in [1.807, 2.05) is 24.4 Å². The van der Waals surface area contributed by atoms with Gasteiger partial charge in [0.25, 0.3) is 0 Å². The van der Waals surface area contributed by atoms with Gasteiger partial charge in [-0.15, -0.1) is 0 Å². The zero-order valence-corrected chi connectivity index (χ0v) is 9.17. The molecule has 2 aromatic rings. The third-order valence-corrected chi connectivity index (χ3v) is 2.68. The van der Waals surface area contributed by atoms with Crippen LogP contribution in [0.5, 0.6) is 0 Å². The molecule has 0 unspecified atom stereocenters. The number of hydrogen-bond donors (Lipinski definition) is 2. The van der Waals surface area contributed by atoms with E-state index in [2.05, 4.69) is 26.1 Å². The number of aromatic nitrogens is 1. The van der Waals surface area contributed by atoms with E-state index >= 15 is 0 Å². The summed E-state index contributed by atoms with van der Waals surface area (Å²) in [5, 5.41) is 12.9. The lowest BCUT2D eigenvalue weighted by Gasteiger charge is -1.96. The Morgan fingerprint density at radius 1 is 1.50 bits per heavy atom. The van der Waals surface area contributed by atoms with Gasteiger partial charge >= 0.3 is 0 Å². The normalized spacial score (nSPS) is 12.3. The molecule has 0 atom stereocenters. The van der Waals surface area contributed by atoms with Gasteiger partial charge in [-0.25, -0.2) is 0 Å². The second-order valence-corrected chi connectivity index (χ2v) is 3.99. The lowest BCUT2D eigenvalue weighted by molar-refractivity contribution is 0.319. The second-order valence-electron chi connectivity index (χ2n) is 3.08. The molecule has 2 N–H and O–H groups in total. The number of fused-ring (bicyclic) bond motifs is 1. The highest BCUT2D eigenvalue weighted by Crippen LogP contribution is 2.23. The highest BCUT2D eigenvalue weighted by Gasteiger charge is 2.06. The minimum Gasteiger partial charge on any atom is -0.411 e. The zero-order chi connectivity index (χ0) is 10.1. The van der Waals surface area contributed by atoms with Gasteiger partial charge in [0.05, 0.1) is 5.71 Å². The molecule has 1 aromatic heterocycles. The molecule has 0 aliphatic carbocycles. The van der Waals surface area contributed by atoms with Gasteiger partial charge in [-0.2, -0.15) is 0 Å². The molecular weight excluding hydrogens is 244 g/mol. The fourth-order valence-corrected chi connectivity index (χ4v) is 1.81. The predicted molar refractivity (Wildman–Crippen MR) is 60.0 cm³/mol. The molecular formula is C10H9BrN2O. The van der Waals surface area contributed by atoms with Gasteiger partial charge < -0.3 is 10.2 Å². The molecule has 0 fully saturated rings. The van der Waals surface area contributed by atoms with Crippen LogP contribution in [0.2, 0.25) is 0 Å². The number of halogens is 1. The largest absolute Gasteiger partial charge is 0.411 e. The fraction of sp³-hybridized carbons (Fsp3) is 0.100. The van der Waals surface area contributed by atoms with Crippen LogP contribution in [0, 0.1) is 0 Å². The van der Waals surface area contributed by atoms with Crippen molar-refractivity contribution in [2.75, 3.05) is 0 Å². The first-order chi connectivity index (χ1) is 6.72. The van der Waals surface area contributed by atoms with E-state index in [9.17, 15) is 0 Å². The van der Waals surface area contributed by atoms with E-state index in [-0.39, 0.29) is 0 Å². The van der Waals surface area contributed by atoms with Crippen LogP contribution in [0.3, 0.4) is 0 Å². The molecule has 2 rings (SSSR count). The van der Waals surface area contributed by atoms with Gasteiger partial charge in [0, 0.05) is 27.1 Å². The maximum Gasteiger partial charge on any atom is 0.0858 e. The van der Waals surface area contributed by atoms with E-state index < -0.39 is 0 Å². The van der Waals surface area contributed by atoms with E-state index in [4.69, 9.17) is 5.21 Å². The van der Waals surface area contributed by atoms with Crippen LogP contribution in [0.25, 0.3) is 10.9 Å². The highest BCUT2D eigenvalue weighted by atomic mass is 79.9. The topological polar surface area (TPSA) is 48.4 Å². The van der Waals surface area contributed by atoms with Crippen molar-refractivity contribution in [3.8, 4) is 0 Å². The van der Waals surface area contributed by atoms with Gasteiger partial charge in [0.15, 0.2) is 0 Å². The van der Waals surface area contributed by atoms with E-state index in [0.29, 0.717) is 5.71 Å². The van der Waals surface area contributed by atoms with Crippen molar-refractivity contribution < 1.29 is 5.21 Å². The second kappa shape index (κ2) is 3.46. The van der Waals surface area contributed by atoms with Crippen molar-refractivity contribution >= 4 is 32.5 Å². The number of benzene rings is 1. The Balaban J connectivity index is 2.73. The SMILES string of the molecule is CC(=NO)c1c[nH]c2ccc(Br)cc12. The molecule has 0 bridgehead atoms. The van der Waals surface area contributed by atoms with Gasteiger partial charge in [-0.05, 0) is 25.1 Å². The Labute approximate surface area is 89.6 Å². The molecule has 0 aliphatic rings. The molecule has 0 amide bonds. The van der Waals surface area contributed by atoms with Crippen LogP contribution < -0.4 is 0 Å². The summed E-state index contributed by atoms with van der Waals surface area (Å²) in [4.78, 5) is 3.12. The molecule has 72 valence electrons. The van der Waals surface area contributed by atoms with E-state index in [0.717, 1.165) is 20.9 Å². The molecule has 14 heavy (non-hydrogen) atoms. The number of oxime groups is 1. The van der Waals surface area contributed by atoms with Gasteiger partial charge in [0.1, 0.15) is 0 Å². The Morgan fingerprint density at radius 3 is 3.00 bits per heavy atom. The number of hydrogen-bond acceptors (Lipinski definition) is 2. The van der Waals surface area contributed by atoms with Gasteiger partial charge in [-0.1, -0.05) is 21.1 Å². The number of nitrogens with zero attached hydrogens (tertiary/aromatic N) is 1. The predicted octanol–water partition coefficient (Wildman–Crippen LogP) is 3.13. The Kier molecular flexibility index (Phi) is 2.29. The molecule has 1 aromatic carbocycles. The van der Waals surface area contributed by atoms with Crippen molar-refractivity contribution in [2.45, 2.75) is 6.92 Å². The summed E-state index contributed by atoms with van der Waals surface area (Å²) in [7, 11) is 0. The summed E-state index contributed by atoms with van der Waals surface area (Å²) in [6.45, 7) is 1.77. The minimum atomic E-state index is 0.606. The lowest BCUT2D eigenvalue weighted by Crippen LogP contribution is -1.91.